The fourth-order valence-electron chi connectivity index (χ4n) is 1.67. The van der Waals surface area contributed by atoms with Gasteiger partial charge in [0.25, 0.3) is 0 Å². The summed E-state index contributed by atoms with van der Waals surface area (Å²) in [6.45, 7) is 4.81. The number of thiol groups is 1. The average molecular weight is 209 g/mol. The Morgan fingerprint density at radius 1 is 1.29 bits per heavy atom. The Balaban J connectivity index is 1.95. The van der Waals surface area contributed by atoms with Gasteiger partial charge in [-0.05, 0) is 17.7 Å². The van der Waals surface area contributed by atoms with Crippen molar-refractivity contribution in [2.24, 2.45) is 0 Å². The Labute approximate surface area is 90.3 Å². The second kappa shape index (κ2) is 4.82. The molecule has 0 unspecified atom stereocenters. The average Bonchev–Trinajstić information content (AvgIpc) is 2.19. The van der Waals surface area contributed by atoms with Gasteiger partial charge in [0, 0.05) is 24.5 Å². The lowest BCUT2D eigenvalue weighted by Crippen LogP contribution is -2.35. The van der Waals surface area contributed by atoms with E-state index in [9.17, 15) is 0 Å². The summed E-state index contributed by atoms with van der Waals surface area (Å²) in [6.07, 6.45) is 0. The highest BCUT2D eigenvalue weighted by molar-refractivity contribution is 7.80. The molecule has 2 nitrogen and oxygen atoms in total. The van der Waals surface area contributed by atoms with Gasteiger partial charge in [0.1, 0.15) is 0 Å². The molecule has 1 aliphatic rings. The van der Waals surface area contributed by atoms with Crippen LogP contribution < -0.4 is 0 Å². The Morgan fingerprint density at radius 2 is 2.07 bits per heavy atom. The standard InChI is InChI=1S/C11H15NOS/c14-11-3-1-2-10(8-11)9-12-4-6-13-7-5-12/h1-3,8,14H,4-7,9H2. The van der Waals surface area contributed by atoms with Crippen molar-refractivity contribution >= 4 is 12.6 Å². The molecule has 0 saturated carbocycles. The van der Waals surface area contributed by atoms with E-state index in [1.807, 2.05) is 6.07 Å². The predicted octanol–water partition coefficient (Wildman–Crippen LogP) is 1.81. The lowest BCUT2D eigenvalue weighted by Gasteiger charge is -2.26. The van der Waals surface area contributed by atoms with E-state index in [1.54, 1.807) is 0 Å². The van der Waals surface area contributed by atoms with Crippen LogP contribution in [-0.2, 0) is 11.3 Å². The molecule has 0 N–H and O–H groups in total. The maximum Gasteiger partial charge on any atom is 0.0594 e. The van der Waals surface area contributed by atoms with Crippen molar-refractivity contribution in [2.45, 2.75) is 11.4 Å². The lowest BCUT2D eigenvalue weighted by atomic mass is 10.2. The molecule has 3 heteroatoms. The van der Waals surface area contributed by atoms with Crippen LogP contribution in [0.4, 0.5) is 0 Å². The molecule has 0 atom stereocenters. The van der Waals surface area contributed by atoms with Crippen molar-refractivity contribution in [1.29, 1.82) is 0 Å². The summed E-state index contributed by atoms with van der Waals surface area (Å²) in [5, 5.41) is 0. The van der Waals surface area contributed by atoms with Gasteiger partial charge < -0.3 is 4.74 Å². The van der Waals surface area contributed by atoms with Crippen LogP contribution in [0.2, 0.25) is 0 Å². The molecule has 0 aromatic heterocycles. The number of morpholine rings is 1. The van der Waals surface area contributed by atoms with Crippen molar-refractivity contribution in [3.8, 4) is 0 Å². The first-order valence-corrected chi connectivity index (χ1v) is 5.37. The monoisotopic (exact) mass is 209 g/mol. The molecule has 0 aliphatic carbocycles. The Hall–Kier alpha value is -0.510. The zero-order valence-corrected chi connectivity index (χ0v) is 9.04. The quantitative estimate of drug-likeness (QED) is 0.746. The van der Waals surface area contributed by atoms with Crippen LogP contribution in [0.15, 0.2) is 29.2 Å². The van der Waals surface area contributed by atoms with E-state index in [2.05, 4.69) is 35.7 Å². The van der Waals surface area contributed by atoms with E-state index in [0.29, 0.717) is 0 Å². The molecule has 0 bridgehead atoms. The van der Waals surface area contributed by atoms with E-state index >= 15 is 0 Å². The highest BCUT2D eigenvalue weighted by Gasteiger charge is 2.10. The van der Waals surface area contributed by atoms with Gasteiger partial charge in [0.15, 0.2) is 0 Å². The maximum atomic E-state index is 5.30. The third-order valence-electron chi connectivity index (χ3n) is 2.42. The van der Waals surface area contributed by atoms with Crippen molar-refractivity contribution in [2.75, 3.05) is 26.3 Å². The van der Waals surface area contributed by atoms with Crippen LogP contribution in [0, 0.1) is 0 Å². The topological polar surface area (TPSA) is 12.5 Å². The number of ether oxygens (including phenoxy) is 1. The van der Waals surface area contributed by atoms with Crippen LogP contribution in [0.25, 0.3) is 0 Å². The molecule has 0 spiro atoms. The van der Waals surface area contributed by atoms with Gasteiger partial charge in [-0.2, -0.15) is 0 Å². The van der Waals surface area contributed by atoms with Gasteiger partial charge in [0.2, 0.25) is 0 Å². The van der Waals surface area contributed by atoms with E-state index < -0.39 is 0 Å². The highest BCUT2D eigenvalue weighted by atomic mass is 32.1. The fourth-order valence-corrected chi connectivity index (χ4v) is 1.92. The third-order valence-corrected chi connectivity index (χ3v) is 2.70. The summed E-state index contributed by atoms with van der Waals surface area (Å²) in [5.74, 6) is 0. The van der Waals surface area contributed by atoms with Gasteiger partial charge in [-0.1, -0.05) is 12.1 Å². The SMILES string of the molecule is Sc1cccc(CN2CCOCC2)c1. The lowest BCUT2D eigenvalue weighted by molar-refractivity contribution is 0.0341. The highest BCUT2D eigenvalue weighted by Crippen LogP contribution is 2.11. The summed E-state index contributed by atoms with van der Waals surface area (Å²) in [7, 11) is 0. The smallest absolute Gasteiger partial charge is 0.0594 e. The number of hydrogen-bond acceptors (Lipinski definition) is 3. The molecule has 1 heterocycles. The summed E-state index contributed by atoms with van der Waals surface area (Å²) in [5.41, 5.74) is 1.33. The van der Waals surface area contributed by atoms with Gasteiger partial charge in [-0.3, -0.25) is 4.90 Å². The van der Waals surface area contributed by atoms with Gasteiger partial charge >= 0.3 is 0 Å². The first-order chi connectivity index (χ1) is 6.84. The van der Waals surface area contributed by atoms with Gasteiger partial charge in [0.05, 0.1) is 13.2 Å². The normalized spacial score (nSPS) is 18.4. The number of hydrogen-bond donors (Lipinski definition) is 1. The summed E-state index contributed by atoms with van der Waals surface area (Å²) in [6, 6.07) is 8.33. The molecule has 2 rings (SSSR count). The second-order valence-electron chi connectivity index (χ2n) is 3.56. The molecule has 1 saturated heterocycles. The van der Waals surface area contributed by atoms with E-state index in [1.165, 1.54) is 5.56 Å². The number of nitrogens with zero attached hydrogens (tertiary/aromatic N) is 1. The molecule has 14 heavy (non-hydrogen) atoms. The van der Waals surface area contributed by atoms with Crippen molar-refractivity contribution < 1.29 is 4.74 Å². The first kappa shape index (κ1) is 10.0. The molecule has 1 aliphatic heterocycles. The van der Waals surface area contributed by atoms with Crippen LogP contribution in [0.3, 0.4) is 0 Å². The Kier molecular flexibility index (Phi) is 3.45. The zero-order valence-electron chi connectivity index (χ0n) is 8.15. The van der Waals surface area contributed by atoms with Crippen molar-refractivity contribution in [3.63, 3.8) is 0 Å². The van der Waals surface area contributed by atoms with Gasteiger partial charge in [-0.25, -0.2) is 0 Å². The molecule has 0 radical (unpaired) electrons. The molecule has 1 aromatic rings. The third kappa shape index (κ3) is 2.74. The number of benzene rings is 1. The Morgan fingerprint density at radius 3 is 2.79 bits per heavy atom. The van der Waals surface area contributed by atoms with Crippen LogP contribution in [0.1, 0.15) is 5.56 Å². The van der Waals surface area contributed by atoms with E-state index in [0.717, 1.165) is 37.7 Å². The Bertz CT molecular complexity index is 297. The zero-order chi connectivity index (χ0) is 9.80. The van der Waals surface area contributed by atoms with E-state index in [4.69, 9.17) is 4.74 Å². The predicted molar refractivity (Wildman–Crippen MR) is 59.8 cm³/mol. The molecule has 76 valence electrons. The summed E-state index contributed by atoms with van der Waals surface area (Å²) < 4.78 is 5.30. The summed E-state index contributed by atoms with van der Waals surface area (Å²) >= 11 is 4.33. The largest absolute Gasteiger partial charge is 0.379 e. The number of rotatable bonds is 2. The molecule has 1 fully saturated rings. The molecular formula is C11H15NOS. The first-order valence-electron chi connectivity index (χ1n) is 4.92. The van der Waals surface area contributed by atoms with Gasteiger partial charge in [-0.15, -0.1) is 12.6 Å². The summed E-state index contributed by atoms with van der Waals surface area (Å²) in [4.78, 5) is 3.45. The minimum absolute atomic E-state index is 0.862. The van der Waals surface area contributed by atoms with Crippen LogP contribution in [0.5, 0.6) is 0 Å². The van der Waals surface area contributed by atoms with Crippen molar-refractivity contribution in [1.82, 2.24) is 4.90 Å². The van der Waals surface area contributed by atoms with Crippen LogP contribution in [-0.4, -0.2) is 31.2 Å². The molecule has 0 amide bonds. The van der Waals surface area contributed by atoms with Crippen molar-refractivity contribution in [3.05, 3.63) is 29.8 Å². The molecular weight excluding hydrogens is 194 g/mol. The maximum absolute atomic E-state index is 5.30. The molecule has 1 aromatic carbocycles. The fraction of sp³-hybridized carbons (Fsp3) is 0.455. The van der Waals surface area contributed by atoms with Crippen LogP contribution >= 0.6 is 12.6 Å². The minimum atomic E-state index is 0.862. The van der Waals surface area contributed by atoms with E-state index in [-0.39, 0.29) is 0 Å². The minimum Gasteiger partial charge on any atom is -0.379 e. The second-order valence-corrected chi connectivity index (χ2v) is 4.07.